The first-order valence-corrected chi connectivity index (χ1v) is 5.83. The summed E-state index contributed by atoms with van der Waals surface area (Å²) in [6.07, 6.45) is 2.10. The lowest BCUT2D eigenvalue weighted by Crippen LogP contribution is -1.94. The van der Waals surface area contributed by atoms with Gasteiger partial charge in [0.2, 0.25) is 0 Å². The Balaban J connectivity index is 2.62. The van der Waals surface area contributed by atoms with Crippen molar-refractivity contribution in [2.75, 3.05) is 11.0 Å². The molecule has 0 saturated carbocycles. The molecule has 1 aromatic heterocycles. The number of thiophene rings is 1. The van der Waals surface area contributed by atoms with Gasteiger partial charge in [0.05, 0.1) is 5.69 Å². The highest BCUT2D eigenvalue weighted by molar-refractivity contribution is 7.88. The number of hydrogen-bond donors (Lipinski definition) is 1. The normalized spacial score (nSPS) is 20.8. The number of fused-ring (bicyclic) bond motifs is 1. The molecule has 1 aliphatic rings. The Bertz CT molecular complexity index is 338. The van der Waals surface area contributed by atoms with E-state index in [9.17, 15) is 0 Å². The van der Waals surface area contributed by atoms with Gasteiger partial charge in [-0.1, -0.05) is 0 Å². The van der Waals surface area contributed by atoms with E-state index >= 15 is 0 Å². The summed E-state index contributed by atoms with van der Waals surface area (Å²) in [5.41, 5.74) is 2.46. The van der Waals surface area contributed by atoms with Crippen LogP contribution in [0.2, 0.25) is 0 Å². The molecule has 1 atom stereocenters. The summed E-state index contributed by atoms with van der Waals surface area (Å²) in [4.78, 5) is 2.69. The summed E-state index contributed by atoms with van der Waals surface area (Å²) in [6, 6.07) is 0. The lowest BCUT2D eigenvalue weighted by Gasteiger charge is -1.95. The van der Waals surface area contributed by atoms with Crippen molar-refractivity contribution < 1.29 is 0 Å². The number of aryl methyl sites for hydroxylation is 2. The molecule has 1 unspecified atom stereocenters. The quantitative estimate of drug-likeness (QED) is 0.662. The Morgan fingerprint density at radius 2 is 2.09 bits per heavy atom. The van der Waals surface area contributed by atoms with E-state index in [1.165, 1.54) is 21.1 Å². The van der Waals surface area contributed by atoms with Crippen LogP contribution in [0.15, 0.2) is 4.36 Å². The fourth-order valence-corrected chi connectivity index (χ4v) is 3.38. The second-order valence-electron chi connectivity index (χ2n) is 2.61. The van der Waals surface area contributed by atoms with Crippen molar-refractivity contribution in [2.45, 2.75) is 13.8 Å². The minimum Gasteiger partial charge on any atom is -0.319 e. The average Bonchev–Trinajstić information content (AvgIpc) is 2.38. The van der Waals surface area contributed by atoms with Crippen LogP contribution in [-0.4, -0.2) is 6.26 Å². The molecule has 0 aromatic carbocycles. The molecule has 2 nitrogen and oxygen atoms in total. The lowest BCUT2D eigenvalue weighted by molar-refractivity contribution is 1.54. The van der Waals surface area contributed by atoms with Gasteiger partial charge >= 0.3 is 0 Å². The zero-order valence-electron chi connectivity index (χ0n) is 6.76. The molecule has 1 aromatic rings. The van der Waals surface area contributed by atoms with Crippen molar-refractivity contribution in [3.05, 3.63) is 9.75 Å². The topological polar surface area (TPSA) is 24.4 Å². The molecule has 1 aliphatic heterocycles. The summed E-state index contributed by atoms with van der Waals surface area (Å²) in [6.45, 7) is 4.27. The molecule has 0 aliphatic carbocycles. The Labute approximate surface area is 72.9 Å². The van der Waals surface area contributed by atoms with Crippen LogP contribution in [0.25, 0.3) is 0 Å². The first kappa shape index (κ1) is 7.31. The van der Waals surface area contributed by atoms with Crippen molar-refractivity contribution in [1.82, 2.24) is 0 Å². The van der Waals surface area contributed by atoms with Crippen LogP contribution in [0.5, 0.6) is 0 Å². The predicted molar refractivity (Wildman–Crippen MR) is 52.8 cm³/mol. The minimum absolute atomic E-state index is 0.0229. The smallest absolute Gasteiger partial charge is 0.110 e. The summed E-state index contributed by atoms with van der Waals surface area (Å²) in [5, 5.41) is 0. The summed E-state index contributed by atoms with van der Waals surface area (Å²) < 4.78 is 7.86. The van der Waals surface area contributed by atoms with Crippen molar-refractivity contribution in [1.29, 1.82) is 0 Å². The van der Waals surface area contributed by atoms with E-state index < -0.39 is 0 Å². The third-order valence-electron chi connectivity index (χ3n) is 1.71. The first-order valence-electron chi connectivity index (χ1n) is 3.43. The van der Waals surface area contributed by atoms with Gasteiger partial charge in [-0.3, -0.25) is 0 Å². The van der Waals surface area contributed by atoms with E-state index in [0.29, 0.717) is 0 Å². The molecule has 2 heterocycles. The third kappa shape index (κ3) is 1.01. The van der Waals surface area contributed by atoms with Crippen LogP contribution < -0.4 is 4.72 Å². The Hall–Kier alpha value is -0.350. The van der Waals surface area contributed by atoms with E-state index in [0.717, 1.165) is 0 Å². The molecule has 0 spiro atoms. The molecule has 4 heteroatoms. The minimum atomic E-state index is 0.0229. The number of nitrogens with one attached hydrogen (secondary N) is 1. The van der Waals surface area contributed by atoms with E-state index in [2.05, 4.69) is 29.2 Å². The fraction of sp³-hybridized carbons (Fsp3) is 0.429. The van der Waals surface area contributed by atoms with Crippen LogP contribution in [0.1, 0.15) is 9.75 Å². The summed E-state index contributed by atoms with van der Waals surface area (Å²) in [5.74, 6) is 0. The van der Waals surface area contributed by atoms with Gasteiger partial charge in [-0.2, -0.15) is 0 Å². The maximum atomic E-state index is 4.50. The Morgan fingerprint density at radius 1 is 1.36 bits per heavy atom. The number of anilines is 1. The van der Waals surface area contributed by atoms with E-state index in [1.807, 2.05) is 11.3 Å². The third-order valence-corrected chi connectivity index (χ3v) is 3.67. The summed E-state index contributed by atoms with van der Waals surface area (Å²) >= 11 is 1.82. The molecule has 60 valence electrons. The van der Waals surface area contributed by atoms with Gasteiger partial charge < -0.3 is 4.72 Å². The highest BCUT2D eigenvalue weighted by Gasteiger charge is 2.17. The second kappa shape index (κ2) is 2.32. The van der Waals surface area contributed by atoms with Crippen molar-refractivity contribution in [3.8, 4) is 0 Å². The largest absolute Gasteiger partial charge is 0.319 e. The maximum absolute atomic E-state index is 4.50. The predicted octanol–water partition coefficient (Wildman–Crippen LogP) is 2.77. The van der Waals surface area contributed by atoms with Gasteiger partial charge in [-0.15, -0.1) is 11.3 Å². The van der Waals surface area contributed by atoms with Crippen LogP contribution in [0, 0.1) is 13.8 Å². The van der Waals surface area contributed by atoms with Crippen LogP contribution in [0.4, 0.5) is 11.4 Å². The van der Waals surface area contributed by atoms with Gasteiger partial charge in [0, 0.05) is 16.0 Å². The molecule has 0 saturated heterocycles. The molecular weight excluding hydrogens is 176 g/mol. The average molecular weight is 186 g/mol. The molecule has 1 N–H and O–H groups in total. The van der Waals surface area contributed by atoms with Gasteiger partial charge in [0.1, 0.15) is 5.69 Å². The second-order valence-corrected chi connectivity index (χ2v) is 5.38. The zero-order valence-corrected chi connectivity index (χ0v) is 8.40. The highest BCUT2D eigenvalue weighted by atomic mass is 32.2. The Morgan fingerprint density at radius 3 is 2.73 bits per heavy atom. The maximum Gasteiger partial charge on any atom is 0.110 e. The van der Waals surface area contributed by atoms with Crippen LogP contribution >= 0.6 is 11.3 Å². The Kier molecular flexibility index (Phi) is 1.54. The molecule has 0 fully saturated rings. The molecule has 2 rings (SSSR count). The highest BCUT2D eigenvalue weighted by Crippen LogP contribution is 2.42. The monoisotopic (exact) mass is 186 g/mol. The lowest BCUT2D eigenvalue weighted by atomic mass is 10.3. The SMILES string of the molecule is Cc1sc(C)c2c1N=S(C)N2. The standard InChI is InChI=1S/C7H10N2S2/c1-4-6-7(5(2)10-4)9-11(3)8-6/h1-3H3,(H,8,9). The molecule has 0 radical (unpaired) electrons. The summed E-state index contributed by atoms with van der Waals surface area (Å²) in [7, 11) is 0.0229. The van der Waals surface area contributed by atoms with Crippen LogP contribution in [0.3, 0.4) is 0 Å². The molecular formula is C7H10N2S2. The number of hydrogen-bond acceptors (Lipinski definition) is 3. The molecule has 0 bridgehead atoms. The molecule has 0 amide bonds. The molecule has 11 heavy (non-hydrogen) atoms. The van der Waals surface area contributed by atoms with E-state index in [-0.39, 0.29) is 10.9 Å². The van der Waals surface area contributed by atoms with Gasteiger partial charge in [0.15, 0.2) is 0 Å². The van der Waals surface area contributed by atoms with E-state index in [1.54, 1.807) is 0 Å². The fourth-order valence-electron chi connectivity index (χ4n) is 1.21. The van der Waals surface area contributed by atoms with Gasteiger partial charge in [-0.05, 0) is 24.7 Å². The van der Waals surface area contributed by atoms with Crippen LogP contribution in [-0.2, 0) is 10.9 Å². The van der Waals surface area contributed by atoms with Crippen molar-refractivity contribution >= 4 is 33.6 Å². The van der Waals surface area contributed by atoms with E-state index in [4.69, 9.17) is 0 Å². The van der Waals surface area contributed by atoms with Gasteiger partial charge in [-0.25, -0.2) is 4.36 Å². The number of rotatable bonds is 0. The zero-order chi connectivity index (χ0) is 8.01. The van der Waals surface area contributed by atoms with Crippen molar-refractivity contribution in [3.63, 3.8) is 0 Å². The first-order chi connectivity index (χ1) is 5.18. The van der Waals surface area contributed by atoms with Gasteiger partial charge in [0.25, 0.3) is 0 Å². The van der Waals surface area contributed by atoms with Crippen molar-refractivity contribution in [2.24, 2.45) is 4.36 Å². The number of nitrogens with zero attached hydrogens (tertiary/aromatic N) is 1.